The standard InChI is InChI=1S/C10H11Cl2N.ClH/c1-2-3-10(13)8-5-4-7(11)6-9(8)12;/h2,4-6,10H,1,3,13H2;1H/t10-;/m1./s1. The van der Waals surface area contributed by atoms with E-state index in [1.807, 2.05) is 6.07 Å². The molecule has 1 aromatic rings. The van der Waals surface area contributed by atoms with Crippen molar-refractivity contribution in [2.24, 2.45) is 5.73 Å². The molecule has 0 saturated carbocycles. The van der Waals surface area contributed by atoms with Gasteiger partial charge in [-0.05, 0) is 24.1 Å². The van der Waals surface area contributed by atoms with E-state index in [2.05, 4.69) is 6.58 Å². The highest BCUT2D eigenvalue weighted by atomic mass is 35.5. The summed E-state index contributed by atoms with van der Waals surface area (Å²) < 4.78 is 0. The minimum Gasteiger partial charge on any atom is -0.324 e. The Morgan fingerprint density at radius 2 is 2.07 bits per heavy atom. The number of rotatable bonds is 3. The Labute approximate surface area is 100 Å². The maximum atomic E-state index is 5.96. The summed E-state index contributed by atoms with van der Waals surface area (Å²) in [5.41, 5.74) is 6.77. The average Bonchev–Trinajstić information content (AvgIpc) is 2.04. The van der Waals surface area contributed by atoms with E-state index >= 15 is 0 Å². The van der Waals surface area contributed by atoms with Crippen molar-refractivity contribution in [2.45, 2.75) is 12.5 Å². The van der Waals surface area contributed by atoms with Gasteiger partial charge in [0.05, 0.1) is 0 Å². The van der Waals surface area contributed by atoms with Crippen LogP contribution in [0.1, 0.15) is 18.0 Å². The first-order valence-corrected chi connectivity index (χ1v) is 4.72. The Bertz CT molecular complexity index is 312. The first-order chi connectivity index (χ1) is 6.15. The highest BCUT2D eigenvalue weighted by molar-refractivity contribution is 6.35. The summed E-state index contributed by atoms with van der Waals surface area (Å²) in [6, 6.07) is 5.23. The van der Waals surface area contributed by atoms with Crippen molar-refractivity contribution >= 4 is 35.6 Å². The molecule has 1 aromatic carbocycles. The van der Waals surface area contributed by atoms with Crippen LogP contribution in [0, 0.1) is 0 Å². The minimum absolute atomic E-state index is 0. The second-order valence-electron chi connectivity index (χ2n) is 2.80. The molecule has 0 heterocycles. The monoisotopic (exact) mass is 251 g/mol. The lowest BCUT2D eigenvalue weighted by atomic mass is 10.1. The van der Waals surface area contributed by atoms with Crippen LogP contribution in [0.15, 0.2) is 30.9 Å². The van der Waals surface area contributed by atoms with Crippen molar-refractivity contribution in [1.82, 2.24) is 0 Å². The van der Waals surface area contributed by atoms with Gasteiger partial charge in [-0.25, -0.2) is 0 Å². The second kappa shape index (κ2) is 6.31. The van der Waals surface area contributed by atoms with Gasteiger partial charge in [0.25, 0.3) is 0 Å². The second-order valence-corrected chi connectivity index (χ2v) is 3.64. The lowest BCUT2D eigenvalue weighted by molar-refractivity contribution is 0.742. The molecule has 0 saturated heterocycles. The van der Waals surface area contributed by atoms with Crippen molar-refractivity contribution in [1.29, 1.82) is 0 Å². The Morgan fingerprint density at radius 1 is 1.43 bits per heavy atom. The third-order valence-corrected chi connectivity index (χ3v) is 2.34. The average molecular weight is 253 g/mol. The summed E-state index contributed by atoms with van der Waals surface area (Å²) >= 11 is 11.7. The smallest absolute Gasteiger partial charge is 0.0468 e. The molecule has 0 aliphatic heterocycles. The molecule has 1 rings (SSSR count). The van der Waals surface area contributed by atoms with Gasteiger partial charge in [0, 0.05) is 16.1 Å². The third-order valence-electron chi connectivity index (χ3n) is 1.78. The van der Waals surface area contributed by atoms with Gasteiger partial charge in [-0.3, -0.25) is 0 Å². The number of nitrogens with two attached hydrogens (primary N) is 1. The highest BCUT2D eigenvalue weighted by Crippen LogP contribution is 2.26. The zero-order chi connectivity index (χ0) is 9.84. The first kappa shape index (κ1) is 13.8. The summed E-state index contributed by atoms with van der Waals surface area (Å²) in [4.78, 5) is 0. The molecule has 0 aromatic heterocycles. The van der Waals surface area contributed by atoms with E-state index in [-0.39, 0.29) is 18.4 Å². The van der Waals surface area contributed by atoms with E-state index in [0.29, 0.717) is 16.5 Å². The third kappa shape index (κ3) is 3.50. The summed E-state index contributed by atoms with van der Waals surface area (Å²) in [6.07, 6.45) is 2.48. The molecular formula is C10H12Cl3N. The molecule has 14 heavy (non-hydrogen) atoms. The Kier molecular flexibility index (Phi) is 6.21. The summed E-state index contributed by atoms with van der Waals surface area (Å²) in [6.45, 7) is 3.62. The van der Waals surface area contributed by atoms with E-state index in [4.69, 9.17) is 28.9 Å². The van der Waals surface area contributed by atoms with Gasteiger partial charge >= 0.3 is 0 Å². The van der Waals surface area contributed by atoms with Crippen molar-refractivity contribution < 1.29 is 0 Å². The molecule has 78 valence electrons. The van der Waals surface area contributed by atoms with Gasteiger partial charge in [0.15, 0.2) is 0 Å². The Hall–Kier alpha value is -0.210. The lowest BCUT2D eigenvalue weighted by Gasteiger charge is -2.11. The molecule has 0 aliphatic rings. The number of halogens is 3. The number of hydrogen-bond acceptors (Lipinski definition) is 1. The van der Waals surface area contributed by atoms with E-state index < -0.39 is 0 Å². The van der Waals surface area contributed by atoms with Crippen molar-refractivity contribution in [2.75, 3.05) is 0 Å². The minimum atomic E-state index is -0.0951. The van der Waals surface area contributed by atoms with Crippen LogP contribution in [0.5, 0.6) is 0 Å². The Balaban J connectivity index is 0.00000169. The number of hydrogen-bond donors (Lipinski definition) is 1. The summed E-state index contributed by atoms with van der Waals surface area (Å²) in [7, 11) is 0. The maximum Gasteiger partial charge on any atom is 0.0468 e. The van der Waals surface area contributed by atoms with Crippen molar-refractivity contribution in [3.8, 4) is 0 Å². The van der Waals surface area contributed by atoms with Crippen LogP contribution in [0.2, 0.25) is 10.0 Å². The maximum absolute atomic E-state index is 5.96. The number of benzene rings is 1. The molecule has 0 fully saturated rings. The quantitative estimate of drug-likeness (QED) is 0.809. The van der Waals surface area contributed by atoms with Gasteiger partial charge in [-0.15, -0.1) is 19.0 Å². The van der Waals surface area contributed by atoms with Crippen LogP contribution in [-0.4, -0.2) is 0 Å². The van der Waals surface area contributed by atoms with Gasteiger partial charge in [-0.2, -0.15) is 0 Å². The largest absolute Gasteiger partial charge is 0.324 e. The lowest BCUT2D eigenvalue weighted by Crippen LogP contribution is -2.09. The fraction of sp³-hybridized carbons (Fsp3) is 0.200. The SMILES string of the molecule is C=CC[C@@H](N)c1ccc(Cl)cc1Cl.Cl. The molecule has 0 aliphatic carbocycles. The van der Waals surface area contributed by atoms with E-state index in [0.717, 1.165) is 5.56 Å². The van der Waals surface area contributed by atoms with Crippen LogP contribution in [-0.2, 0) is 0 Å². The van der Waals surface area contributed by atoms with E-state index in [1.165, 1.54) is 0 Å². The normalized spacial score (nSPS) is 11.6. The molecule has 2 N–H and O–H groups in total. The molecule has 0 unspecified atom stereocenters. The molecular weight excluding hydrogens is 240 g/mol. The topological polar surface area (TPSA) is 26.0 Å². The van der Waals surface area contributed by atoms with Crippen LogP contribution in [0.4, 0.5) is 0 Å². The highest BCUT2D eigenvalue weighted by Gasteiger charge is 2.08. The molecule has 0 spiro atoms. The zero-order valence-corrected chi connectivity index (χ0v) is 9.87. The summed E-state index contributed by atoms with van der Waals surface area (Å²) in [5.74, 6) is 0. The zero-order valence-electron chi connectivity index (χ0n) is 7.54. The fourth-order valence-corrected chi connectivity index (χ4v) is 1.66. The van der Waals surface area contributed by atoms with Gasteiger partial charge in [0.1, 0.15) is 0 Å². The predicted octanol–water partition coefficient (Wildman–Crippen LogP) is 3.99. The molecule has 0 amide bonds. The van der Waals surface area contributed by atoms with Crippen LogP contribution >= 0.6 is 35.6 Å². The van der Waals surface area contributed by atoms with Crippen LogP contribution in [0.25, 0.3) is 0 Å². The fourth-order valence-electron chi connectivity index (χ4n) is 1.11. The Morgan fingerprint density at radius 3 is 2.57 bits per heavy atom. The molecule has 4 heteroatoms. The van der Waals surface area contributed by atoms with Gasteiger partial charge in [0.2, 0.25) is 0 Å². The predicted molar refractivity (Wildman–Crippen MR) is 65.5 cm³/mol. The van der Waals surface area contributed by atoms with Gasteiger partial charge < -0.3 is 5.73 Å². The van der Waals surface area contributed by atoms with Crippen LogP contribution in [0.3, 0.4) is 0 Å². The summed E-state index contributed by atoms with van der Waals surface area (Å²) in [5, 5.41) is 1.24. The molecule has 0 radical (unpaired) electrons. The van der Waals surface area contributed by atoms with Gasteiger partial charge in [-0.1, -0.05) is 35.3 Å². The van der Waals surface area contributed by atoms with E-state index in [1.54, 1.807) is 18.2 Å². The van der Waals surface area contributed by atoms with E-state index in [9.17, 15) is 0 Å². The first-order valence-electron chi connectivity index (χ1n) is 3.96. The van der Waals surface area contributed by atoms with Crippen LogP contribution < -0.4 is 5.73 Å². The molecule has 1 nitrogen and oxygen atoms in total. The molecule has 1 atom stereocenters. The molecule has 0 bridgehead atoms. The van der Waals surface area contributed by atoms with Crippen molar-refractivity contribution in [3.05, 3.63) is 46.5 Å². The van der Waals surface area contributed by atoms with Crippen molar-refractivity contribution in [3.63, 3.8) is 0 Å².